The fraction of sp³-hybridized carbons (Fsp3) is 0.500. The Balaban J connectivity index is 1.92. The van der Waals surface area contributed by atoms with Crippen LogP contribution in [0.3, 0.4) is 0 Å². The van der Waals surface area contributed by atoms with Crippen LogP contribution in [0.1, 0.15) is 26.7 Å². The predicted octanol–water partition coefficient (Wildman–Crippen LogP) is 1.83. The highest BCUT2D eigenvalue weighted by Crippen LogP contribution is 2.24. The quantitative estimate of drug-likeness (QED) is 0.793. The summed E-state index contributed by atoms with van der Waals surface area (Å²) in [6, 6.07) is 6.94. The molecule has 1 heterocycles. The number of rotatable bonds is 6. The van der Waals surface area contributed by atoms with Crippen molar-refractivity contribution in [2.75, 3.05) is 31.6 Å². The molecule has 0 radical (unpaired) electrons. The molecule has 136 valence electrons. The van der Waals surface area contributed by atoms with Gasteiger partial charge >= 0.3 is 5.97 Å². The topological polar surface area (TPSA) is 84.9 Å². The van der Waals surface area contributed by atoms with Crippen molar-refractivity contribution in [3.8, 4) is 5.75 Å². The fourth-order valence-corrected chi connectivity index (χ4v) is 2.77. The summed E-state index contributed by atoms with van der Waals surface area (Å²) in [5.74, 6) is -0.492. The van der Waals surface area contributed by atoms with Crippen LogP contribution in [0.2, 0.25) is 0 Å². The average Bonchev–Trinajstić information content (AvgIpc) is 2.60. The number of likely N-dealkylation sites (tertiary alicyclic amines) is 1. The van der Waals surface area contributed by atoms with Crippen molar-refractivity contribution in [1.82, 2.24) is 4.90 Å². The van der Waals surface area contributed by atoms with Gasteiger partial charge in [-0.2, -0.15) is 0 Å². The zero-order chi connectivity index (χ0) is 18.2. The second-order valence-corrected chi connectivity index (χ2v) is 5.90. The van der Waals surface area contributed by atoms with Crippen LogP contribution in [-0.2, 0) is 19.1 Å². The third-order valence-corrected chi connectivity index (χ3v) is 3.94. The van der Waals surface area contributed by atoms with Gasteiger partial charge in [-0.25, -0.2) is 0 Å². The molecule has 0 aliphatic carbocycles. The highest BCUT2D eigenvalue weighted by molar-refractivity contribution is 5.90. The first-order valence-corrected chi connectivity index (χ1v) is 8.45. The predicted molar refractivity (Wildman–Crippen MR) is 92.2 cm³/mol. The minimum absolute atomic E-state index is 0.147. The van der Waals surface area contributed by atoms with E-state index in [0.29, 0.717) is 31.1 Å². The monoisotopic (exact) mass is 348 g/mol. The van der Waals surface area contributed by atoms with Gasteiger partial charge in [0, 0.05) is 20.0 Å². The molecule has 0 aromatic heterocycles. The number of hydrogen-bond donors (Lipinski definition) is 1. The first-order chi connectivity index (χ1) is 12.0. The van der Waals surface area contributed by atoms with Crippen LogP contribution >= 0.6 is 0 Å². The Morgan fingerprint density at radius 1 is 1.28 bits per heavy atom. The molecule has 7 nitrogen and oxygen atoms in total. The lowest BCUT2D eigenvalue weighted by Gasteiger charge is -2.31. The van der Waals surface area contributed by atoms with Gasteiger partial charge in [0.05, 0.1) is 18.2 Å². The first kappa shape index (κ1) is 18.8. The molecule has 1 unspecified atom stereocenters. The lowest BCUT2D eigenvalue weighted by atomic mass is 9.98. The molecule has 2 rings (SSSR count). The number of carbonyl (C=O) groups is 3. The Kier molecular flexibility index (Phi) is 6.80. The van der Waals surface area contributed by atoms with Gasteiger partial charge in [-0.3, -0.25) is 14.4 Å². The van der Waals surface area contributed by atoms with E-state index in [1.54, 1.807) is 36.1 Å². The van der Waals surface area contributed by atoms with Crippen LogP contribution < -0.4 is 10.1 Å². The Bertz CT molecular complexity index is 632. The summed E-state index contributed by atoms with van der Waals surface area (Å²) in [6.45, 7) is 4.33. The molecule has 7 heteroatoms. The van der Waals surface area contributed by atoms with E-state index in [1.165, 1.54) is 6.92 Å². The number of piperidine rings is 1. The van der Waals surface area contributed by atoms with Crippen LogP contribution in [0.5, 0.6) is 5.75 Å². The lowest BCUT2D eigenvalue weighted by Crippen LogP contribution is -2.44. The number of ether oxygens (including phenoxy) is 2. The molecule has 1 aromatic rings. The summed E-state index contributed by atoms with van der Waals surface area (Å²) in [6.07, 6.45) is 1.49. The fourth-order valence-electron chi connectivity index (χ4n) is 2.77. The number of esters is 1. The largest absolute Gasteiger partial charge is 0.482 e. The van der Waals surface area contributed by atoms with Gasteiger partial charge < -0.3 is 19.7 Å². The molecule has 0 saturated carbocycles. The van der Waals surface area contributed by atoms with Gasteiger partial charge in [0.2, 0.25) is 5.91 Å². The highest BCUT2D eigenvalue weighted by Gasteiger charge is 2.29. The molecule has 1 aromatic carbocycles. The van der Waals surface area contributed by atoms with Gasteiger partial charge in [-0.05, 0) is 31.9 Å². The summed E-state index contributed by atoms with van der Waals surface area (Å²) in [5, 5.41) is 2.66. The van der Waals surface area contributed by atoms with E-state index >= 15 is 0 Å². The Labute approximate surface area is 147 Å². The number of amides is 2. The molecule has 1 atom stereocenters. The number of hydrogen-bond acceptors (Lipinski definition) is 5. The summed E-state index contributed by atoms with van der Waals surface area (Å²) in [4.78, 5) is 37.1. The number of anilines is 1. The normalized spacial score (nSPS) is 16.9. The van der Waals surface area contributed by atoms with Crippen LogP contribution in [-0.4, -0.2) is 49.0 Å². The van der Waals surface area contributed by atoms with Crippen molar-refractivity contribution in [2.24, 2.45) is 5.92 Å². The van der Waals surface area contributed by atoms with Gasteiger partial charge in [-0.1, -0.05) is 12.1 Å². The second-order valence-electron chi connectivity index (χ2n) is 5.90. The standard InChI is InChI=1S/C18H24N2O5/c1-3-24-18(23)14-7-6-10-20(11-14)17(22)12-25-16-9-5-4-8-15(16)19-13(2)21/h4-5,8-9,14H,3,6-7,10-12H2,1-2H3,(H,19,21). The molecule has 1 aliphatic rings. The maximum Gasteiger partial charge on any atom is 0.310 e. The zero-order valence-electron chi connectivity index (χ0n) is 14.6. The van der Waals surface area contributed by atoms with Gasteiger partial charge in [0.1, 0.15) is 5.75 Å². The molecular weight excluding hydrogens is 324 g/mol. The third kappa shape index (κ3) is 5.48. The maximum atomic E-state index is 12.4. The SMILES string of the molecule is CCOC(=O)C1CCCN(C(=O)COc2ccccc2NC(C)=O)C1. The molecule has 25 heavy (non-hydrogen) atoms. The van der Waals surface area contributed by atoms with E-state index in [2.05, 4.69) is 5.32 Å². The molecule has 0 spiro atoms. The smallest absolute Gasteiger partial charge is 0.310 e. The maximum absolute atomic E-state index is 12.4. The number of nitrogens with zero attached hydrogens (tertiary/aromatic N) is 1. The third-order valence-electron chi connectivity index (χ3n) is 3.94. The molecule has 1 aliphatic heterocycles. The van der Waals surface area contributed by atoms with Gasteiger partial charge in [0.25, 0.3) is 5.91 Å². The van der Waals surface area contributed by atoms with Gasteiger partial charge in [0.15, 0.2) is 6.61 Å². The van der Waals surface area contributed by atoms with Crippen molar-refractivity contribution >= 4 is 23.5 Å². The van der Waals surface area contributed by atoms with E-state index in [0.717, 1.165) is 12.8 Å². The molecule has 1 saturated heterocycles. The molecule has 0 bridgehead atoms. The summed E-state index contributed by atoms with van der Waals surface area (Å²) in [7, 11) is 0. The van der Waals surface area contributed by atoms with E-state index < -0.39 is 0 Å². The lowest BCUT2D eigenvalue weighted by molar-refractivity contribution is -0.151. The summed E-state index contributed by atoms with van der Waals surface area (Å²) >= 11 is 0. The van der Waals surface area contributed by atoms with E-state index in [9.17, 15) is 14.4 Å². The molecule has 1 fully saturated rings. The summed E-state index contributed by atoms with van der Waals surface area (Å²) < 4.78 is 10.6. The van der Waals surface area contributed by atoms with Crippen molar-refractivity contribution < 1.29 is 23.9 Å². The zero-order valence-corrected chi connectivity index (χ0v) is 14.6. The van der Waals surface area contributed by atoms with Crippen LogP contribution in [0.25, 0.3) is 0 Å². The average molecular weight is 348 g/mol. The Morgan fingerprint density at radius 2 is 2.04 bits per heavy atom. The summed E-state index contributed by atoms with van der Waals surface area (Å²) in [5.41, 5.74) is 0.519. The van der Waals surface area contributed by atoms with Crippen molar-refractivity contribution in [1.29, 1.82) is 0 Å². The first-order valence-electron chi connectivity index (χ1n) is 8.45. The van der Waals surface area contributed by atoms with Crippen molar-refractivity contribution in [2.45, 2.75) is 26.7 Å². The minimum Gasteiger partial charge on any atom is -0.482 e. The van der Waals surface area contributed by atoms with E-state index in [4.69, 9.17) is 9.47 Å². The molecule has 2 amide bonds. The Morgan fingerprint density at radius 3 is 2.76 bits per heavy atom. The van der Waals surface area contributed by atoms with Crippen LogP contribution in [0.4, 0.5) is 5.69 Å². The van der Waals surface area contributed by atoms with Crippen LogP contribution in [0.15, 0.2) is 24.3 Å². The van der Waals surface area contributed by atoms with Crippen molar-refractivity contribution in [3.63, 3.8) is 0 Å². The van der Waals surface area contributed by atoms with Crippen LogP contribution in [0, 0.1) is 5.92 Å². The van der Waals surface area contributed by atoms with Crippen molar-refractivity contribution in [3.05, 3.63) is 24.3 Å². The molecular formula is C18H24N2O5. The van der Waals surface area contributed by atoms with E-state index in [-0.39, 0.29) is 30.3 Å². The van der Waals surface area contributed by atoms with E-state index in [1.807, 2.05) is 0 Å². The Hall–Kier alpha value is -2.57. The number of benzene rings is 1. The number of nitrogens with one attached hydrogen (secondary N) is 1. The highest BCUT2D eigenvalue weighted by atomic mass is 16.5. The van der Waals surface area contributed by atoms with Gasteiger partial charge in [-0.15, -0.1) is 0 Å². The number of para-hydroxylation sites is 2. The minimum atomic E-state index is -0.274. The second kappa shape index (κ2) is 9.05. The number of carbonyl (C=O) groups excluding carboxylic acids is 3. The molecule has 1 N–H and O–H groups in total.